The minimum Gasteiger partial charge on any atom is -0.165 e. The van der Waals surface area contributed by atoms with E-state index in [-0.39, 0.29) is 0 Å². The monoisotopic (exact) mass is 122 g/mol. The van der Waals surface area contributed by atoms with Crippen LogP contribution in [0.2, 0.25) is 0 Å². The zero-order valence-electron chi connectivity index (χ0n) is 4.11. The standard InChI is InChI=1S/C4H11PS/c1-6-4-2-3-5/h2-5H2,1H3. The third-order valence-corrected chi connectivity index (χ3v) is 1.66. The Hall–Kier alpha value is 0.780. The summed E-state index contributed by atoms with van der Waals surface area (Å²) in [6, 6.07) is 0. The molecular weight excluding hydrogens is 111 g/mol. The molecular formula is C4H11PS. The van der Waals surface area contributed by atoms with E-state index in [1.165, 1.54) is 18.3 Å². The van der Waals surface area contributed by atoms with E-state index in [1.54, 1.807) is 0 Å². The molecule has 2 heteroatoms. The molecule has 0 aromatic rings. The lowest BCUT2D eigenvalue weighted by atomic mass is 10.6. The van der Waals surface area contributed by atoms with Gasteiger partial charge in [-0.2, -0.15) is 11.8 Å². The Kier molecular flexibility index (Phi) is 6.53. The molecule has 0 aliphatic carbocycles. The summed E-state index contributed by atoms with van der Waals surface area (Å²) in [4.78, 5) is 0. The van der Waals surface area contributed by atoms with Crippen molar-refractivity contribution in [1.82, 2.24) is 0 Å². The third-order valence-electron chi connectivity index (χ3n) is 0.553. The van der Waals surface area contributed by atoms with Crippen molar-refractivity contribution >= 4 is 21.0 Å². The van der Waals surface area contributed by atoms with Crippen LogP contribution >= 0.6 is 21.0 Å². The van der Waals surface area contributed by atoms with Gasteiger partial charge in [0.1, 0.15) is 0 Å². The second-order valence-corrected chi connectivity index (χ2v) is 2.70. The number of rotatable bonds is 3. The highest BCUT2D eigenvalue weighted by Gasteiger charge is 1.75. The van der Waals surface area contributed by atoms with E-state index in [0.717, 1.165) is 0 Å². The van der Waals surface area contributed by atoms with Crippen LogP contribution in [0.5, 0.6) is 0 Å². The molecule has 0 fully saturated rings. The van der Waals surface area contributed by atoms with E-state index < -0.39 is 0 Å². The highest BCUT2D eigenvalue weighted by atomic mass is 32.2. The summed E-state index contributed by atoms with van der Waals surface area (Å²) in [7, 11) is 2.72. The summed E-state index contributed by atoms with van der Waals surface area (Å²) in [5, 5.41) is 0. The fourth-order valence-corrected chi connectivity index (χ4v) is 1.18. The van der Waals surface area contributed by atoms with Gasteiger partial charge in [-0.05, 0) is 24.6 Å². The Morgan fingerprint density at radius 2 is 2.33 bits per heavy atom. The number of thioether (sulfide) groups is 1. The first-order chi connectivity index (χ1) is 2.91. The van der Waals surface area contributed by atoms with Crippen LogP contribution in [0.25, 0.3) is 0 Å². The van der Waals surface area contributed by atoms with E-state index in [9.17, 15) is 0 Å². The summed E-state index contributed by atoms with van der Waals surface area (Å²) in [5.41, 5.74) is 0. The van der Waals surface area contributed by atoms with E-state index in [4.69, 9.17) is 0 Å². The van der Waals surface area contributed by atoms with Crippen LogP contribution in [0, 0.1) is 0 Å². The van der Waals surface area contributed by atoms with Gasteiger partial charge in [0.25, 0.3) is 0 Å². The Balaban J connectivity index is 2.34. The first-order valence-electron chi connectivity index (χ1n) is 2.11. The molecule has 0 aromatic carbocycles. The van der Waals surface area contributed by atoms with Gasteiger partial charge in [-0.25, -0.2) is 0 Å². The van der Waals surface area contributed by atoms with Gasteiger partial charge >= 0.3 is 0 Å². The lowest BCUT2D eigenvalue weighted by molar-refractivity contribution is 1.13. The van der Waals surface area contributed by atoms with Crippen LogP contribution in [0.3, 0.4) is 0 Å². The number of hydrogen-bond acceptors (Lipinski definition) is 1. The number of hydrogen-bond donors (Lipinski definition) is 0. The minimum absolute atomic E-state index is 1.25. The largest absolute Gasteiger partial charge is 0.165 e. The van der Waals surface area contributed by atoms with Crippen LogP contribution in [0.1, 0.15) is 6.42 Å². The molecule has 0 rings (SSSR count). The van der Waals surface area contributed by atoms with Crippen molar-refractivity contribution in [2.24, 2.45) is 0 Å². The van der Waals surface area contributed by atoms with Crippen molar-refractivity contribution in [2.75, 3.05) is 18.2 Å². The van der Waals surface area contributed by atoms with Gasteiger partial charge in [-0.3, -0.25) is 0 Å². The molecule has 0 bridgehead atoms. The maximum absolute atomic E-state index is 2.72. The Labute approximate surface area is 46.3 Å². The molecule has 0 aromatic heterocycles. The molecule has 0 saturated heterocycles. The third kappa shape index (κ3) is 4.78. The first kappa shape index (κ1) is 6.78. The van der Waals surface area contributed by atoms with Crippen molar-refractivity contribution in [3.63, 3.8) is 0 Å². The van der Waals surface area contributed by atoms with Crippen LogP contribution in [0.4, 0.5) is 0 Å². The molecule has 6 heavy (non-hydrogen) atoms. The predicted octanol–water partition coefficient (Wildman–Crippen LogP) is 1.61. The van der Waals surface area contributed by atoms with Crippen molar-refractivity contribution in [2.45, 2.75) is 6.42 Å². The second-order valence-electron chi connectivity index (χ2n) is 1.14. The van der Waals surface area contributed by atoms with Crippen molar-refractivity contribution in [1.29, 1.82) is 0 Å². The maximum atomic E-state index is 2.72. The summed E-state index contributed by atoms with van der Waals surface area (Å²) >= 11 is 1.91. The van der Waals surface area contributed by atoms with Gasteiger partial charge in [0, 0.05) is 0 Å². The SMILES string of the molecule is CSCCCP. The molecule has 1 unspecified atom stereocenters. The fraction of sp³-hybridized carbons (Fsp3) is 1.00. The highest BCUT2D eigenvalue weighted by Crippen LogP contribution is 1.96. The van der Waals surface area contributed by atoms with Gasteiger partial charge in [0.2, 0.25) is 0 Å². The van der Waals surface area contributed by atoms with Crippen molar-refractivity contribution in [3.8, 4) is 0 Å². The van der Waals surface area contributed by atoms with Crippen LogP contribution < -0.4 is 0 Å². The van der Waals surface area contributed by atoms with Gasteiger partial charge in [-0.1, -0.05) is 0 Å². The second kappa shape index (κ2) is 5.78. The zero-order chi connectivity index (χ0) is 4.83. The average Bonchev–Trinajstić information content (AvgIpc) is 1.61. The summed E-state index contributed by atoms with van der Waals surface area (Å²) in [6.07, 6.45) is 4.73. The van der Waals surface area contributed by atoms with E-state index >= 15 is 0 Å². The molecule has 0 spiro atoms. The van der Waals surface area contributed by atoms with Crippen LogP contribution in [-0.2, 0) is 0 Å². The van der Waals surface area contributed by atoms with Crippen molar-refractivity contribution in [3.05, 3.63) is 0 Å². The Bertz CT molecular complexity index is 19.5. The summed E-state index contributed by atoms with van der Waals surface area (Å²) < 4.78 is 0. The molecule has 0 heterocycles. The van der Waals surface area contributed by atoms with Gasteiger partial charge < -0.3 is 0 Å². The maximum Gasteiger partial charge on any atom is -0.00671 e. The van der Waals surface area contributed by atoms with Gasteiger partial charge in [0.15, 0.2) is 0 Å². The molecule has 0 aliphatic heterocycles. The van der Waals surface area contributed by atoms with E-state index in [0.29, 0.717) is 0 Å². The van der Waals surface area contributed by atoms with Crippen molar-refractivity contribution < 1.29 is 0 Å². The molecule has 0 saturated carbocycles. The summed E-state index contributed by atoms with van der Waals surface area (Å²) in [5.74, 6) is 1.31. The molecule has 0 amide bonds. The fourth-order valence-electron chi connectivity index (χ4n) is 0.228. The van der Waals surface area contributed by atoms with Gasteiger partial charge in [-0.15, -0.1) is 9.24 Å². The zero-order valence-corrected chi connectivity index (χ0v) is 6.08. The molecule has 0 radical (unpaired) electrons. The quantitative estimate of drug-likeness (QED) is 0.405. The normalized spacial score (nSPS) is 9.00. The molecule has 0 aliphatic rings. The average molecular weight is 122 g/mol. The topological polar surface area (TPSA) is 0 Å². The molecule has 0 nitrogen and oxygen atoms in total. The van der Waals surface area contributed by atoms with Gasteiger partial charge in [0.05, 0.1) is 0 Å². The Morgan fingerprint density at radius 1 is 1.67 bits per heavy atom. The van der Waals surface area contributed by atoms with E-state index in [2.05, 4.69) is 15.5 Å². The molecule has 38 valence electrons. The predicted molar refractivity (Wildman–Crippen MR) is 37.6 cm³/mol. The van der Waals surface area contributed by atoms with Crippen LogP contribution in [-0.4, -0.2) is 18.2 Å². The highest BCUT2D eigenvalue weighted by molar-refractivity contribution is 7.98. The van der Waals surface area contributed by atoms with Crippen LogP contribution in [0.15, 0.2) is 0 Å². The summed E-state index contributed by atoms with van der Waals surface area (Å²) in [6.45, 7) is 0. The van der Waals surface area contributed by atoms with E-state index in [1.807, 2.05) is 11.8 Å². The Morgan fingerprint density at radius 3 is 2.50 bits per heavy atom. The molecule has 1 atom stereocenters. The lowest BCUT2D eigenvalue weighted by Gasteiger charge is -1.86. The molecule has 0 N–H and O–H groups in total. The lowest BCUT2D eigenvalue weighted by Crippen LogP contribution is -1.75. The minimum atomic E-state index is 1.25. The first-order valence-corrected chi connectivity index (χ1v) is 4.32. The smallest absolute Gasteiger partial charge is 0.00671 e.